The zero-order chi connectivity index (χ0) is 21.2. The van der Waals surface area contributed by atoms with E-state index < -0.39 is 10.0 Å². The summed E-state index contributed by atoms with van der Waals surface area (Å²) in [7, 11) is -3.78. The van der Waals surface area contributed by atoms with E-state index in [0.717, 1.165) is 5.56 Å². The number of aryl methyl sites for hydroxylation is 1. The second-order valence-corrected chi connectivity index (χ2v) is 10.0. The Kier molecular flexibility index (Phi) is 5.85. The van der Waals surface area contributed by atoms with Gasteiger partial charge in [0.25, 0.3) is 10.0 Å². The summed E-state index contributed by atoms with van der Waals surface area (Å²) in [5.74, 6) is 0. The van der Waals surface area contributed by atoms with Gasteiger partial charge in [0.1, 0.15) is 4.90 Å². The molecule has 0 aliphatic rings. The summed E-state index contributed by atoms with van der Waals surface area (Å²) in [5.41, 5.74) is 2.64. The minimum atomic E-state index is -3.78. The van der Waals surface area contributed by atoms with Gasteiger partial charge in [0.15, 0.2) is 0 Å². The lowest BCUT2D eigenvalue weighted by molar-refractivity contribution is 0.345. The topological polar surface area (TPSA) is 55.2 Å². The number of benzene rings is 2. The minimum absolute atomic E-state index is 0.296. The van der Waals surface area contributed by atoms with Crippen LogP contribution in [0, 0.1) is 13.8 Å². The van der Waals surface area contributed by atoms with E-state index in [1.165, 1.54) is 4.31 Å². The first-order valence-electron chi connectivity index (χ1n) is 9.81. The van der Waals surface area contributed by atoms with Gasteiger partial charge in [-0.2, -0.15) is 5.10 Å². The summed E-state index contributed by atoms with van der Waals surface area (Å²) < 4.78 is 30.9. The molecule has 5 nitrogen and oxygen atoms in total. The van der Waals surface area contributed by atoms with Crippen LogP contribution in [-0.2, 0) is 22.0 Å². The van der Waals surface area contributed by atoms with E-state index in [2.05, 4.69) is 5.10 Å². The largest absolute Gasteiger partial charge is 0.268 e. The van der Waals surface area contributed by atoms with Gasteiger partial charge in [-0.05, 0) is 58.7 Å². The van der Waals surface area contributed by atoms with Crippen LogP contribution < -0.4 is 4.31 Å². The van der Waals surface area contributed by atoms with Crippen LogP contribution in [0.3, 0.4) is 0 Å². The lowest BCUT2D eigenvalue weighted by Gasteiger charge is -2.25. The van der Waals surface area contributed by atoms with E-state index in [1.807, 2.05) is 88.4 Å². The van der Waals surface area contributed by atoms with Crippen LogP contribution in [0.15, 0.2) is 65.6 Å². The molecule has 3 aromatic rings. The number of hydrogen-bond donors (Lipinski definition) is 0. The highest BCUT2D eigenvalue weighted by atomic mass is 32.2. The molecule has 0 spiro atoms. The van der Waals surface area contributed by atoms with Crippen LogP contribution in [0.5, 0.6) is 0 Å². The molecule has 0 radical (unpaired) electrons. The van der Waals surface area contributed by atoms with E-state index >= 15 is 0 Å². The second kappa shape index (κ2) is 8.03. The van der Waals surface area contributed by atoms with Gasteiger partial charge >= 0.3 is 0 Å². The fourth-order valence-corrected chi connectivity index (χ4v) is 5.45. The number of sulfonamides is 1. The molecule has 1 heterocycles. The van der Waals surface area contributed by atoms with Crippen molar-refractivity contribution in [3.05, 3.63) is 77.6 Å². The molecule has 6 heteroatoms. The van der Waals surface area contributed by atoms with Crippen molar-refractivity contribution in [2.24, 2.45) is 0 Å². The fourth-order valence-electron chi connectivity index (χ4n) is 3.62. The van der Waals surface area contributed by atoms with Crippen LogP contribution in [0.2, 0.25) is 0 Å². The number of anilines is 1. The Balaban J connectivity index is 2.06. The average Bonchev–Trinajstić information content (AvgIpc) is 2.98. The van der Waals surface area contributed by atoms with Crippen molar-refractivity contribution >= 4 is 15.7 Å². The normalized spacial score (nSPS) is 12.2. The van der Waals surface area contributed by atoms with Gasteiger partial charge in [-0.1, -0.05) is 48.5 Å². The molecule has 0 N–H and O–H groups in total. The molecule has 0 amide bonds. The highest BCUT2D eigenvalue weighted by molar-refractivity contribution is 7.93. The standard InChI is InChI=1S/C23H29N3O2S/c1-18-22(19(2)26(24-18)23(3,4)5)29(27,28)25(21-14-10-7-11-15-21)17-16-20-12-8-6-9-13-20/h6-15H,16-17H2,1-5H3. The maximum absolute atomic E-state index is 13.8. The Hall–Kier alpha value is -2.60. The monoisotopic (exact) mass is 411 g/mol. The lowest BCUT2D eigenvalue weighted by Crippen LogP contribution is -2.34. The maximum Gasteiger partial charge on any atom is 0.268 e. The summed E-state index contributed by atoms with van der Waals surface area (Å²) in [5, 5.41) is 4.55. The SMILES string of the molecule is Cc1nn(C(C)(C)C)c(C)c1S(=O)(=O)N(CCc1ccccc1)c1ccccc1. The van der Waals surface area contributed by atoms with Crippen LogP contribution in [0.4, 0.5) is 5.69 Å². The molecule has 0 saturated heterocycles. The zero-order valence-electron chi connectivity index (χ0n) is 17.8. The van der Waals surface area contributed by atoms with Gasteiger partial charge < -0.3 is 0 Å². The summed E-state index contributed by atoms with van der Waals surface area (Å²) in [6.45, 7) is 10.0. The lowest BCUT2D eigenvalue weighted by atomic mass is 10.1. The first kappa shape index (κ1) is 21.1. The van der Waals surface area contributed by atoms with Crippen molar-refractivity contribution in [2.45, 2.75) is 51.5 Å². The van der Waals surface area contributed by atoms with Gasteiger partial charge in [-0.25, -0.2) is 8.42 Å². The minimum Gasteiger partial charge on any atom is -0.266 e. The summed E-state index contributed by atoms with van der Waals surface area (Å²) in [6.07, 6.45) is 0.625. The van der Waals surface area contributed by atoms with Gasteiger partial charge in [-0.3, -0.25) is 8.99 Å². The third kappa shape index (κ3) is 4.37. The van der Waals surface area contributed by atoms with Gasteiger partial charge in [0.2, 0.25) is 0 Å². The number of para-hydroxylation sites is 1. The van der Waals surface area contributed by atoms with Gasteiger partial charge in [-0.15, -0.1) is 0 Å². The first-order valence-corrected chi connectivity index (χ1v) is 11.2. The first-order chi connectivity index (χ1) is 13.6. The Morgan fingerprint density at radius 2 is 1.48 bits per heavy atom. The van der Waals surface area contributed by atoms with Crippen molar-refractivity contribution < 1.29 is 8.42 Å². The molecule has 1 aromatic heterocycles. The Labute approximate surface area is 174 Å². The van der Waals surface area contributed by atoms with E-state index in [-0.39, 0.29) is 5.54 Å². The number of aromatic nitrogens is 2. The molecule has 0 bridgehead atoms. The average molecular weight is 412 g/mol. The predicted molar refractivity (Wildman–Crippen MR) is 118 cm³/mol. The van der Waals surface area contributed by atoms with Crippen molar-refractivity contribution in [1.82, 2.24) is 9.78 Å². The van der Waals surface area contributed by atoms with E-state index in [9.17, 15) is 8.42 Å². The Morgan fingerprint density at radius 3 is 2.00 bits per heavy atom. The zero-order valence-corrected chi connectivity index (χ0v) is 18.6. The summed E-state index contributed by atoms with van der Waals surface area (Å²) in [6, 6.07) is 19.2. The molecule has 0 fully saturated rings. The number of hydrogen-bond acceptors (Lipinski definition) is 3. The molecule has 0 unspecified atom stereocenters. The van der Waals surface area contributed by atoms with Gasteiger partial charge in [0.05, 0.1) is 22.6 Å². The maximum atomic E-state index is 13.8. The fraction of sp³-hybridized carbons (Fsp3) is 0.348. The molecule has 29 heavy (non-hydrogen) atoms. The van der Waals surface area contributed by atoms with E-state index in [1.54, 1.807) is 11.6 Å². The molecule has 0 saturated carbocycles. The van der Waals surface area contributed by atoms with Crippen LogP contribution in [0.25, 0.3) is 0 Å². The molecular formula is C23H29N3O2S. The molecule has 2 aromatic carbocycles. The molecule has 0 atom stereocenters. The summed E-state index contributed by atoms with van der Waals surface area (Å²) in [4.78, 5) is 0.296. The molecule has 0 aliphatic heterocycles. The van der Waals surface area contributed by atoms with E-state index in [4.69, 9.17) is 0 Å². The molecular weight excluding hydrogens is 382 g/mol. The number of nitrogens with zero attached hydrogens (tertiary/aromatic N) is 3. The van der Waals surface area contributed by atoms with Gasteiger partial charge in [0, 0.05) is 6.54 Å². The second-order valence-electron chi connectivity index (χ2n) is 8.23. The van der Waals surface area contributed by atoms with Crippen LogP contribution >= 0.6 is 0 Å². The third-order valence-electron chi connectivity index (χ3n) is 4.90. The van der Waals surface area contributed by atoms with Crippen LogP contribution in [-0.4, -0.2) is 24.7 Å². The van der Waals surface area contributed by atoms with Crippen molar-refractivity contribution in [1.29, 1.82) is 0 Å². The van der Waals surface area contributed by atoms with E-state index in [0.29, 0.717) is 34.9 Å². The third-order valence-corrected chi connectivity index (χ3v) is 6.98. The van der Waals surface area contributed by atoms with Crippen molar-refractivity contribution in [3.63, 3.8) is 0 Å². The highest BCUT2D eigenvalue weighted by Gasteiger charge is 2.33. The molecule has 3 rings (SSSR count). The van der Waals surface area contributed by atoms with Crippen molar-refractivity contribution in [3.8, 4) is 0 Å². The Morgan fingerprint density at radius 1 is 0.931 bits per heavy atom. The summed E-state index contributed by atoms with van der Waals surface area (Å²) >= 11 is 0. The molecule has 0 aliphatic carbocycles. The quantitative estimate of drug-likeness (QED) is 0.591. The number of rotatable bonds is 6. The van der Waals surface area contributed by atoms with Crippen LogP contribution in [0.1, 0.15) is 37.7 Å². The highest BCUT2D eigenvalue weighted by Crippen LogP contribution is 2.30. The Bertz CT molecular complexity index is 1070. The smallest absolute Gasteiger partial charge is 0.266 e. The van der Waals surface area contributed by atoms with Crippen molar-refractivity contribution in [2.75, 3.05) is 10.8 Å². The molecule has 154 valence electrons. The predicted octanol–water partition coefficient (Wildman–Crippen LogP) is 4.69.